The van der Waals surface area contributed by atoms with Gasteiger partial charge in [0.15, 0.2) is 0 Å². The number of aliphatic hydroxyl groups excluding tert-OH is 2. The average Bonchev–Trinajstić information content (AvgIpc) is 2.99. The van der Waals surface area contributed by atoms with Crippen LogP contribution in [0.15, 0.2) is 30.9 Å². The molecule has 3 nitrogen and oxygen atoms in total. The van der Waals surface area contributed by atoms with E-state index in [1.54, 1.807) is 0 Å². The number of phenols is 1. The topological polar surface area (TPSA) is 60.7 Å². The quantitative estimate of drug-likeness (QED) is 0.448. The van der Waals surface area contributed by atoms with Gasteiger partial charge in [-0.25, -0.2) is 0 Å². The van der Waals surface area contributed by atoms with Crippen LogP contribution in [-0.4, -0.2) is 27.5 Å². The molecular weight excluding hydrogens is 360 g/mol. The maximum absolute atomic E-state index is 11.0. The van der Waals surface area contributed by atoms with Gasteiger partial charge in [-0.05, 0) is 104 Å². The number of unbranched alkanes of at least 4 members (excludes halogenated alkanes) is 1. The lowest BCUT2D eigenvalue weighted by Gasteiger charge is -2.60. The van der Waals surface area contributed by atoms with Crippen LogP contribution >= 0.6 is 0 Å². The predicted molar refractivity (Wildman–Crippen MR) is 117 cm³/mol. The summed E-state index contributed by atoms with van der Waals surface area (Å²) in [6.45, 7) is 8.55. The van der Waals surface area contributed by atoms with E-state index in [2.05, 4.69) is 25.6 Å². The summed E-state index contributed by atoms with van der Waals surface area (Å²) in [5.74, 6) is 1.75. The predicted octanol–water partition coefficient (Wildman–Crippen LogP) is 5.33. The molecule has 2 fully saturated rings. The summed E-state index contributed by atoms with van der Waals surface area (Å²) in [4.78, 5) is 0. The molecule has 0 heterocycles. The van der Waals surface area contributed by atoms with Gasteiger partial charge in [-0.3, -0.25) is 0 Å². The summed E-state index contributed by atoms with van der Waals surface area (Å²) in [6.07, 6.45) is 11.0. The van der Waals surface area contributed by atoms with Gasteiger partial charge < -0.3 is 15.3 Å². The van der Waals surface area contributed by atoms with Crippen molar-refractivity contribution in [1.82, 2.24) is 0 Å². The van der Waals surface area contributed by atoms with E-state index in [4.69, 9.17) is 0 Å². The van der Waals surface area contributed by atoms with Gasteiger partial charge in [0, 0.05) is 0 Å². The first-order valence-electron chi connectivity index (χ1n) is 11.6. The van der Waals surface area contributed by atoms with Crippen molar-refractivity contribution in [1.29, 1.82) is 0 Å². The molecule has 0 aliphatic heterocycles. The molecule has 1 aromatic rings. The van der Waals surface area contributed by atoms with E-state index < -0.39 is 0 Å². The van der Waals surface area contributed by atoms with Crippen LogP contribution in [0.25, 0.3) is 0 Å². The zero-order chi connectivity index (χ0) is 20.8. The van der Waals surface area contributed by atoms with E-state index in [0.717, 1.165) is 57.8 Å². The van der Waals surface area contributed by atoms with Crippen molar-refractivity contribution < 1.29 is 15.3 Å². The summed E-state index contributed by atoms with van der Waals surface area (Å²) in [5.41, 5.74) is 2.69. The van der Waals surface area contributed by atoms with Crippen molar-refractivity contribution in [2.24, 2.45) is 22.7 Å². The number of benzene rings is 1. The van der Waals surface area contributed by atoms with Crippen LogP contribution in [-0.2, 0) is 6.42 Å². The second-order valence-corrected chi connectivity index (χ2v) is 10.4. The minimum atomic E-state index is -0.231. The Labute approximate surface area is 175 Å². The summed E-state index contributed by atoms with van der Waals surface area (Å²) in [7, 11) is 0. The summed E-state index contributed by atoms with van der Waals surface area (Å²) < 4.78 is 0. The number of aromatic hydroxyl groups is 1. The van der Waals surface area contributed by atoms with Gasteiger partial charge in [0.1, 0.15) is 5.75 Å². The van der Waals surface area contributed by atoms with Gasteiger partial charge in [0.2, 0.25) is 0 Å². The highest BCUT2D eigenvalue weighted by Crippen LogP contribution is 2.69. The van der Waals surface area contributed by atoms with Crippen LogP contribution in [0.1, 0.15) is 82.3 Å². The molecule has 0 amide bonds. The zero-order valence-corrected chi connectivity index (χ0v) is 18.1. The highest BCUT2D eigenvalue weighted by molar-refractivity contribution is 5.43. The molecule has 2 saturated carbocycles. The Bertz CT molecular complexity index is 756. The number of phenolic OH excluding ortho intramolecular Hbond substituents is 1. The van der Waals surface area contributed by atoms with E-state index in [9.17, 15) is 15.3 Å². The Morgan fingerprint density at radius 1 is 1.28 bits per heavy atom. The number of fused-ring (bicyclic) bond motifs is 5. The van der Waals surface area contributed by atoms with Gasteiger partial charge in [-0.1, -0.05) is 31.9 Å². The molecule has 0 radical (unpaired) electrons. The van der Waals surface area contributed by atoms with Crippen LogP contribution in [0, 0.1) is 22.7 Å². The third kappa shape index (κ3) is 3.35. The minimum Gasteiger partial charge on any atom is -0.508 e. The molecule has 3 heteroatoms. The average molecular weight is 399 g/mol. The lowest BCUT2D eigenvalue weighted by atomic mass is 9.44. The normalized spacial score (nSPS) is 39.3. The lowest BCUT2D eigenvalue weighted by molar-refractivity contribution is -0.0813. The summed E-state index contributed by atoms with van der Waals surface area (Å²) in [5, 5.41) is 30.7. The minimum absolute atomic E-state index is 0.0311. The van der Waals surface area contributed by atoms with Gasteiger partial charge >= 0.3 is 0 Å². The van der Waals surface area contributed by atoms with E-state index >= 15 is 0 Å². The molecule has 3 aliphatic rings. The fourth-order valence-corrected chi connectivity index (χ4v) is 7.54. The lowest BCUT2D eigenvalue weighted by Crippen LogP contribution is -2.54. The van der Waals surface area contributed by atoms with Crippen molar-refractivity contribution in [2.75, 3.05) is 0 Å². The first kappa shape index (κ1) is 20.9. The number of hydrogen-bond donors (Lipinski definition) is 3. The van der Waals surface area contributed by atoms with Gasteiger partial charge in [0.25, 0.3) is 0 Å². The van der Waals surface area contributed by atoms with Crippen LogP contribution in [0.3, 0.4) is 0 Å². The number of aryl methyl sites for hydroxylation is 1. The van der Waals surface area contributed by atoms with Gasteiger partial charge in [-0.15, -0.1) is 6.58 Å². The van der Waals surface area contributed by atoms with E-state index in [1.165, 1.54) is 11.1 Å². The first-order valence-corrected chi connectivity index (χ1v) is 11.6. The summed E-state index contributed by atoms with van der Waals surface area (Å²) in [6, 6.07) is 5.97. The molecule has 29 heavy (non-hydrogen) atoms. The largest absolute Gasteiger partial charge is 0.508 e. The molecule has 3 N–H and O–H groups in total. The Hall–Kier alpha value is -1.32. The third-order valence-electron chi connectivity index (χ3n) is 8.80. The molecular formula is C26H38O3. The van der Waals surface area contributed by atoms with Crippen LogP contribution in [0.2, 0.25) is 0 Å². The van der Waals surface area contributed by atoms with Crippen LogP contribution in [0.4, 0.5) is 0 Å². The Kier molecular flexibility index (Phi) is 5.59. The fraction of sp³-hybridized carbons (Fsp3) is 0.692. The number of hydrogen-bond acceptors (Lipinski definition) is 3. The van der Waals surface area contributed by atoms with Crippen molar-refractivity contribution in [3.05, 3.63) is 42.0 Å². The molecule has 1 aromatic carbocycles. The Morgan fingerprint density at radius 3 is 2.79 bits per heavy atom. The monoisotopic (exact) mass is 398 g/mol. The molecule has 0 bridgehead atoms. The van der Waals surface area contributed by atoms with Crippen molar-refractivity contribution in [3.8, 4) is 5.75 Å². The molecule has 160 valence electrons. The van der Waals surface area contributed by atoms with Gasteiger partial charge in [0.05, 0.1) is 12.2 Å². The Balaban J connectivity index is 1.72. The number of allylic oxidation sites excluding steroid dienone is 1. The summed E-state index contributed by atoms with van der Waals surface area (Å²) >= 11 is 0. The van der Waals surface area contributed by atoms with Crippen LogP contribution in [0.5, 0.6) is 5.75 Å². The van der Waals surface area contributed by atoms with E-state index in [0.29, 0.717) is 23.5 Å². The standard InChI is InChI=1S/C26H38O3/c1-4-26-14-13-18-15-20(28)9-10-21(18)24(26)19(8-6-5-7-17(2)27)16-25(3)22(26)11-12-23(25)29/h4,9-10,15,17,19,22-24,27-29H,1,5-8,11-14,16H2,2-3H3/t17?,19?,22-,23+,24-,25+,26?/m1/s1. The number of rotatable bonds is 6. The highest BCUT2D eigenvalue weighted by atomic mass is 16.3. The molecule has 7 atom stereocenters. The highest BCUT2D eigenvalue weighted by Gasteiger charge is 2.63. The van der Waals surface area contributed by atoms with E-state index in [1.807, 2.05) is 19.1 Å². The second-order valence-electron chi connectivity index (χ2n) is 10.4. The molecule has 0 aromatic heterocycles. The first-order chi connectivity index (χ1) is 13.8. The third-order valence-corrected chi connectivity index (χ3v) is 8.80. The van der Waals surface area contributed by atoms with Crippen molar-refractivity contribution >= 4 is 0 Å². The molecule has 3 unspecified atom stereocenters. The Morgan fingerprint density at radius 2 is 2.07 bits per heavy atom. The van der Waals surface area contributed by atoms with Gasteiger partial charge in [-0.2, -0.15) is 0 Å². The van der Waals surface area contributed by atoms with Crippen LogP contribution < -0.4 is 0 Å². The van der Waals surface area contributed by atoms with Crippen molar-refractivity contribution in [2.45, 2.75) is 89.8 Å². The van der Waals surface area contributed by atoms with E-state index in [-0.39, 0.29) is 23.0 Å². The molecule has 0 spiro atoms. The zero-order valence-electron chi connectivity index (χ0n) is 18.1. The second kappa shape index (κ2) is 7.74. The smallest absolute Gasteiger partial charge is 0.115 e. The number of aliphatic hydroxyl groups is 2. The van der Waals surface area contributed by atoms with Crippen molar-refractivity contribution in [3.63, 3.8) is 0 Å². The fourth-order valence-electron chi connectivity index (χ4n) is 7.54. The molecule has 0 saturated heterocycles. The molecule has 4 rings (SSSR count). The maximum Gasteiger partial charge on any atom is 0.115 e. The molecule has 3 aliphatic carbocycles. The maximum atomic E-state index is 11.0. The SMILES string of the molecule is C=CC12CCc3cc(O)ccc3[C@H]1C(CCCCC(C)O)C[C@]1(C)[C@@H](O)CC[C@@H]21.